The summed E-state index contributed by atoms with van der Waals surface area (Å²) in [6, 6.07) is 1.91. The van der Waals surface area contributed by atoms with Crippen LogP contribution in [0.3, 0.4) is 0 Å². The molecule has 0 fully saturated rings. The smallest absolute Gasteiger partial charge is 0.292 e. The lowest BCUT2D eigenvalue weighted by Gasteiger charge is -2.22. The van der Waals surface area contributed by atoms with Crippen LogP contribution < -0.4 is 0 Å². The fourth-order valence-electron chi connectivity index (χ4n) is 2.37. The molecule has 0 saturated heterocycles. The van der Waals surface area contributed by atoms with Gasteiger partial charge in [0.15, 0.2) is 6.39 Å². The monoisotopic (exact) mass is 276 g/mol. The van der Waals surface area contributed by atoms with Gasteiger partial charge in [-0.25, -0.2) is 4.98 Å². The highest BCUT2D eigenvalue weighted by Gasteiger charge is 2.28. The number of carbonyl (C=O) groups excluding carboxylic acids is 1. The number of oxazole rings is 1. The SMILES string of the molecule is CO[C@@H]1CN(C(=O)c2ocnc2C)Cc2ccnn2C1. The number of rotatable bonds is 2. The molecule has 106 valence electrons. The minimum absolute atomic E-state index is 0.0941. The number of carbonyl (C=O) groups is 1. The Hall–Kier alpha value is -2.15. The van der Waals surface area contributed by atoms with E-state index in [0.717, 1.165) is 5.69 Å². The normalized spacial score (nSPS) is 18.7. The van der Waals surface area contributed by atoms with E-state index < -0.39 is 0 Å². The Labute approximate surface area is 116 Å². The maximum Gasteiger partial charge on any atom is 0.292 e. The number of aromatic nitrogens is 3. The van der Waals surface area contributed by atoms with Gasteiger partial charge in [-0.15, -0.1) is 0 Å². The molecule has 0 aliphatic carbocycles. The lowest BCUT2D eigenvalue weighted by atomic mass is 10.2. The number of fused-ring (bicyclic) bond motifs is 1. The Kier molecular flexibility index (Phi) is 3.27. The Balaban J connectivity index is 1.89. The Morgan fingerprint density at radius 1 is 1.50 bits per heavy atom. The van der Waals surface area contributed by atoms with E-state index in [1.807, 2.05) is 10.7 Å². The molecular formula is C13H16N4O3. The highest BCUT2D eigenvalue weighted by molar-refractivity contribution is 5.92. The zero-order chi connectivity index (χ0) is 14.1. The molecule has 3 rings (SSSR count). The number of nitrogens with zero attached hydrogens (tertiary/aromatic N) is 4. The van der Waals surface area contributed by atoms with Crippen molar-refractivity contribution in [1.29, 1.82) is 0 Å². The molecule has 3 heterocycles. The van der Waals surface area contributed by atoms with Gasteiger partial charge in [0.25, 0.3) is 5.91 Å². The zero-order valence-corrected chi connectivity index (χ0v) is 11.4. The fourth-order valence-corrected chi connectivity index (χ4v) is 2.37. The molecule has 0 bridgehead atoms. The summed E-state index contributed by atoms with van der Waals surface area (Å²) >= 11 is 0. The van der Waals surface area contributed by atoms with Gasteiger partial charge in [0, 0.05) is 19.9 Å². The van der Waals surface area contributed by atoms with Crippen LogP contribution in [-0.2, 0) is 17.8 Å². The van der Waals surface area contributed by atoms with Crippen LogP contribution in [0, 0.1) is 6.92 Å². The molecule has 0 N–H and O–H groups in total. The van der Waals surface area contributed by atoms with Crippen molar-refractivity contribution in [3.63, 3.8) is 0 Å². The largest absolute Gasteiger partial charge is 0.438 e. The van der Waals surface area contributed by atoms with Crippen molar-refractivity contribution in [3.8, 4) is 0 Å². The lowest BCUT2D eigenvalue weighted by molar-refractivity contribution is 0.0430. The average molecular weight is 276 g/mol. The highest BCUT2D eigenvalue weighted by Crippen LogP contribution is 2.17. The van der Waals surface area contributed by atoms with Gasteiger partial charge in [-0.2, -0.15) is 5.10 Å². The topological polar surface area (TPSA) is 73.4 Å². The van der Waals surface area contributed by atoms with Crippen molar-refractivity contribution in [2.45, 2.75) is 26.1 Å². The number of ether oxygens (including phenoxy) is 1. The van der Waals surface area contributed by atoms with E-state index in [9.17, 15) is 4.79 Å². The molecule has 20 heavy (non-hydrogen) atoms. The molecular weight excluding hydrogens is 260 g/mol. The maximum atomic E-state index is 12.5. The van der Waals surface area contributed by atoms with Gasteiger partial charge >= 0.3 is 0 Å². The van der Waals surface area contributed by atoms with Crippen molar-refractivity contribution in [1.82, 2.24) is 19.7 Å². The second-order valence-corrected chi connectivity index (χ2v) is 4.81. The molecule has 2 aromatic heterocycles. The van der Waals surface area contributed by atoms with Crippen molar-refractivity contribution >= 4 is 5.91 Å². The lowest BCUT2D eigenvalue weighted by Crippen LogP contribution is -2.37. The molecule has 0 saturated carbocycles. The van der Waals surface area contributed by atoms with Crippen molar-refractivity contribution < 1.29 is 13.9 Å². The summed E-state index contributed by atoms with van der Waals surface area (Å²) in [6.07, 6.45) is 2.93. The molecule has 0 spiro atoms. The summed E-state index contributed by atoms with van der Waals surface area (Å²) in [6.45, 7) is 3.38. The Bertz CT molecular complexity index is 619. The molecule has 7 heteroatoms. The summed E-state index contributed by atoms with van der Waals surface area (Å²) in [7, 11) is 1.64. The van der Waals surface area contributed by atoms with Crippen molar-refractivity contribution in [3.05, 3.63) is 35.8 Å². The van der Waals surface area contributed by atoms with Crippen molar-refractivity contribution in [2.75, 3.05) is 13.7 Å². The van der Waals surface area contributed by atoms with Crippen LogP contribution in [0.4, 0.5) is 0 Å². The number of methoxy groups -OCH3 is 1. The summed E-state index contributed by atoms with van der Waals surface area (Å²) in [5, 5.41) is 4.25. The number of hydrogen-bond acceptors (Lipinski definition) is 5. The predicted molar refractivity (Wildman–Crippen MR) is 69.0 cm³/mol. The molecule has 1 amide bonds. The van der Waals surface area contributed by atoms with Crippen LogP contribution in [-0.4, -0.2) is 45.3 Å². The van der Waals surface area contributed by atoms with Gasteiger partial charge in [0.2, 0.25) is 5.76 Å². The first-order valence-corrected chi connectivity index (χ1v) is 6.42. The van der Waals surface area contributed by atoms with Crippen LogP contribution in [0.15, 0.2) is 23.1 Å². The van der Waals surface area contributed by atoms with E-state index in [-0.39, 0.29) is 17.8 Å². The van der Waals surface area contributed by atoms with Crippen LogP contribution in [0.5, 0.6) is 0 Å². The van der Waals surface area contributed by atoms with Gasteiger partial charge in [0.05, 0.1) is 30.6 Å². The van der Waals surface area contributed by atoms with Crippen LogP contribution >= 0.6 is 0 Å². The van der Waals surface area contributed by atoms with E-state index in [4.69, 9.17) is 9.15 Å². The van der Waals surface area contributed by atoms with Crippen LogP contribution in [0.2, 0.25) is 0 Å². The minimum atomic E-state index is -0.170. The summed E-state index contributed by atoms with van der Waals surface area (Å²) in [5.41, 5.74) is 1.58. The third-order valence-electron chi connectivity index (χ3n) is 3.52. The Morgan fingerprint density at radius 3 is 3.05 bits per heavy atom. The standard InChI is InChI=1S/C13H16N4O3/c1-9-12(20-8-14-9)13(18)16-5-10-3-4-15-17(10)7-11(6-16)19-2/h3-4,8,11H,5-7H2,1-2H3/t11-/m1/s1. The summed E-state index contributed by atoms with van der Waals surface area (Å²) in [5.74, 6) is 0.115. The average Bonchev–Trinajstić information content (AvgIpc) is 3.02. The second kappa shape index (κ2) is 5.09. The molecule has 0 unspecified atom stereocenters. The predicted octanol–water partition coefficient (Wildman–Crippen LogP) is 0.851. The van der Waals surface area contributed by atoms with Gasteiger partial charge < -0.3 is 14.1 Å². The molecule has 1 aliphatic rings. The Morgan fingerprint density at radius 2 is 2.35 bits per heavy atom. The van der Waals surface area contributed by atoms with Crippen LogP contribution in [0.25, 0.3) is 0 Å². The second-order valence-electron chi connectivity index (χ2n) is 4.81. The molecule has 7 nitrogen and oxygen atoms in total. The summed E-state index contributed by atoms with van der Waals surface area (Å²) in [4.78, 5) is 18.2. The van der Waals surface area contributed by atoms with Crippen LogP contribution in [0.1, 0.15) is 21.9 Å². The van der Waals surface area contributed by atoms with Gasteiger partial charge in [0.1, 0.15) is 0 Å². The first kappa shape index (κ1) is 12.9. The number of aryl methyl sites for hydroxylation is 1. The van der Waals surface area contributed by atoms with Gasteiger partial charge in [-0.1, -0.05) is 0 Å². The van der Waals surface area contributed by atoms with Gasteiger partial charge in [-0.05, 0) is 13.0 Å². The first-order chi connectivity index (χ1) is 9.69. The maximum absolute atomic E-state index is 12.5. The number of amides is 1. The third kappa shape index (κ3) is 2.20. The fraction of sp³-hybridized carbons (Fsp3) is 0.462. The third-order valence-corrected chi connectivity index (χ3v) is 3.52. The van der Waals surface area contributed by atoms with Crippen molar-refractivity contribution in [2.24, 2.45) is 0 Å². The quantitative estimate of drug-likeness (QED) is 0.813. The first-order valence-electron chi connectivity index (χ1n) is 6.42. The van der Waals surface area contributed by atoms with E-state index in [0.29, 0.717) is 25.3 Å². The minimum Gasteiger partial charge on any atom is -0.438 e. The van der Waals surface area contributed by atoms with E-state index in [1.165, 1.54) is 6.39 Å². The van der Waals surface area contributed by atoms with E-state index in [2.05, 4.69) is 10.1 Å². The molecule has 0 radical (unpaired) electrons. The van der Waals surface area contributed by atoms with Gasteiger partial charge in [-0.3, -0.25) is 9.48 Å². The summed E-state index contributed by atoms with van der Waals surface area (Å²) < 4.78 is 12.5. The molecule has 0 aromatic carbocycles. The molecule has 2 aromatic rings. The van der Waals surface area contributed by atoms with E-state index in [1.54, 1.807) is 25.1 Å². The zero-order valence-electron chi connectivity index (χ0n) is 11.4. The molecule has 1 aliphatic heterocycles. The van der Waals surface area contributed by atoms with E-state index >= 15 is 0 Å². The number of hydrogen-bond donors (Lipinski definition) is 0. The highest BCUT2D eigenvalue weighted by atomic mass is 16.5. The molecule has 1 atom stereocenters.